The molecule has 2 fully saturated rings. The number of alkyl halides is 2. The van der Waals surface area contributed by atoms with Crippen LogP contribution in [-0.2, 0) is 19.3 Å². The van der Waals surface area contributed by atoms with Crippen molar-refractivity contribution >= 4 is 22.0 Å². The highest BCUT2D eigenvalue weighted by Crippen LogP contribution is 2.31. The zero-order valence-electron chi connectivity index (χ0n) is 16.9. The number of nitrogens with zero attached hydrogens (tertiary/aromatic N) is 2. The van der Waals surface area contributed by atoms with E-state index in [1.807, 2.05) is 0 Å². The fourth-order valence-electron chi connectivity index (χ4n) is 3.75. The summed E-state index contributed by atoms with van der Waals surface area (Å²) in [6.45, 7) is -2.28. The van der Waals surface area contributed by atoms with Gasteiger partial charge in [-0.3, -0.25) is 0 Å². The maximum absolute atomic E-state index is 13.0. The van der Waals surface area contributed by atoms with Gasteiger partial charge in [-0.2, -0.15) is 8.78 Å². The lowest BCUT2D eigenvalue weighted by atomic mass is 9.89. The van der Waals surface area contributed by atoms with Crippen molar-refractivity contribution in [3.8, 4) is 5.75 Å². The SMILES string of the molecule is COC(=O)OC1CC(c2ccc(OC(F)F)cc2)CN(C(=O)N2CCS(=O)(=O)CC2)C1. The lowest BCUT2D eigenvalue weighted by molar-refractivity contribution is -0.0498. The second-order valence-electron chi connectivity index (χ2n) is 7.40. The Balaban J connectivity index is 1.74. The third-order valence-electron chi connectivity index (χ3n) is 5.30. The van der Waals surface area contributed by atoms with E-state index in [9.17, 15) is 26.8 Å². The first kappa shape index (κ1) is 23.0. The average molecular weight is 462 g/mol. The Morgan fingerprint density at radius 1 is 1.06 bits per heavy atom. The predicted molar refractivity (Wildman–Crippen MR) is 105 cm³/mol. The maximum atomic E-state index is 13.0. The van der Waals surface area contributed by atoms with Crippen LogP contribution in [0.2, 0.25) is 0 Å². The Labute approximate surface area is 178 Å². The Bertz CT molecular complexity index is 881. The van der Waals surface area contributed by atoms with Crippen LogP contribution in [-0.4, -0.2) is 87.9 Å². The average Bonchev–Trinajstić information content (AvgIpc) is 2.73. The van der Waals surface area contributed by atoms with Crippen LogP contribution >= 0.6 is 0 Å². The van der Waals surface area contributed by atoms with Crippen molar-refractivity contribution in [2.24, 2.45) is 0 Å². The Morgan fingerprint density at radius 2 is 1.71 bits per heavy atom. The number of benzene rings is 1. The van der Waals surface area contributed by atoms with Crippen LogP contribution in [0, 0.1) is 0 Å². The van der Waals surface area contributed by atoms with E-state index in [4.69, 9.17) is 4.74 Å². The van der Waals surface area contributed by atoms with Gasteiger partial charge < -0.3 is 24.0 Å². The van der Waals surface area contributed by atoms with Gasteiger partial charge in [0, 0.05) is 25.6 Å². The molecule has 0 aliphatic carbocycles. The number of likely N-dealkylation sites (tertiary alicyclic amines) is 1. The smallest absolute Gasteiger partial charge is 0.438 e. The number of sulfone groups is 1. The van der Waals surface area contributed by atoms with Gasteiger partial charge in [-0.1, -0.05) is 12.1 Å². The zero-order valence-corrected chi connectivity index (χ0v) is 17.7. The van der Waals surface area contributed by atoms with Crippen LogP contribution in [0.25, 0.3) is 0 Å². The fourth-order valence-corrected chi connectivity index (χ4v) is 4.95. The van der Waals surface area contributed by atoms with E-state index in [1.54, 1.807) is 12.1 Å². The molecule has 2 aliphatic heterocycles. The number of methoxy groups -OCH3 is 1. The molecule has 2 aliphatic rings. The molecule has 0 N–H and O–H groups in total. The number of ether oxygens (including phenoxy) is 3. The van der Waals surface area contributed by atoms with Gasteiger partial charge in [0.15, 0.2) is 9.84 Å². The normalized spacial score (nSPS) is 23.4. The standard InChI is InChI=1S/C19H24F2N2O7S/c1-28-19(25)30-16-10-14(13-2-4-15(5-3-13)29-17(20)21)11-23(12-16)18(24)22-6-8-31(26,27)9-7-22/h2-5,14,16-17H,6-12H2,1H3. The first-order chi connectivity index (χ1) is 14.7. The molecule has 1 aromatic rings. The minimum atomic E-state index is -3.14. The van der Waals surface area contributed by atoms with Crippen molar-refractivity contribution in [3.05, 3.63) is 29.8 Å². The Kier molecular flexibility index (Phi) is 7.19. The number of hydrogen-bond donors (Lipinski definition) is 0. The topological polar surface area (TPSA) is 102 Å². The number of rotatable bonds is 4. The molecule has 1 aromatic carbocycles. The quantitative estimate of drug-likeness (QED) is 0.632. The Morgan fingerprint density at radius 3 is 2.29 bits per heavy atom. The number of piperidine rings is 1. The molecule has 0 aromatic heterocycles. The van der Waals surface area contributed by atoms with E-state index in [2.05, 4.69) is 9.47 Å². The van der Waals surface area contributed by atoms with Crippen LogP contribution in [0.4, 0.5) is 18.4 Å². The number of hydrogen-bond acceptors (Lipinski definition) is 7. The molecule has 2 atom stereocenters. The number of carbonyl (C=O) groups excluding carboxylic acids is 2. The Hall–Kier alpha value is -2.63. The van der Waals surface area contributed by atoms with Crippen molar-refractivity contribution in [3.63, 3.8) is 0 Å². The van der Waals surface area contributed by atoms with Gasteiger partial charge in [0.2, 0.25) is 0 Å². The third kappa shape index (κ3) is 6.18. The van der Waals surface area contributed by atoms with Gasteiger partial charge in [-0.25, -0.2) is 18.0 Å². The highest BCUT2D eigenvalue weighted by atomic mass is 32.2. The van der Waals surface area contributed by atoms with Gasteiger partial charge in [0.1, 0.15) is 11.9 Å². The van der Waals surface area contributed by atoms with E-state index < -0.39 is 28.7 Å². The van der Waals surface area contributed by atoms with E-state index in [-0.39, 0.29) is 48.8 Å². The molecule has 2 unspecified atom stereocenters. The second kappa shape index (κ2) is 9.67. The first-order valence-corrected chi connectivity index (χ1v) is 11.5. The summed E-state index contributed by atoms with van der Waals surface area (Å²) in [5, 5.41) is 0. The number of amides is 2. The lowest BCUT2D eigenvalue weighted by Crippen LogP contribution is -2.54. The molecule has 31 heavy (non-hydrogen) atoms. The van der Waals surface area contributed by atoms with Crippen molar-refractivity contribution in [2.45, 2.75) is 25.1 Å². The van der Waals surface area contributed by atoms with Crippen LogP contribution < -0.4 is 4.74 Å². The molecule has 2 heterocycles. The largest absolute Gasteiger partial charge is 0.508 e. The minimum Gasteiger partial charge on any atom is -0.438 e. The van der Waals surface area contributed by atoms with Gasteiger partial charge >= 0.3 is 18.8 Å². The van der Waals surface area contributed by atoms with E-state index in [1.165, 1.54) is 29.0 Å². The summed E-state index contributed by atoms with van der Waals surface area (Å²) in [6.07, 6.45) is -1.11. The summed E-state index contributed by atoms with van der Waals surface area (Å²) in [4.78, 5) is 27.6. The van der Waals surface area contributed by atoms with Crippen LogP contribution in [0.15, 0.2) is 24.3 Å². The van der Waals surface area contributed by atoms with Crippen LogP contribution in [0.3, 0.4) is 0 Å². The fraction of sp³-hybridized carbons (Fsp3) is 0.579. The van der Waals surface area contributed by atoms with Crippen molar-refractivity contribution in [2.75, 3.05) is 44.8 Å². The minimum absolute atomic E-state index is 0.0133. The molecule has 0 spiro atoms. The third-order valence-corrected chi connectivity index (χ3v) is 6.91. The monoisotopic (exact) mass is 462 g/mol. The first-order valence-electron chi connectivity index (χ1n) is 9.70. The van der Waals surface area contributed by atoms with Gasteiger partial charge in [0.25, 0.3) is 0 Å². The summed E-state index contributed by atoms with van der Waals surface area (Å²) in [6, 6.07) is 5.73. The molecule has 0 bridgehead atoms. The maximum Gasteiger partial charge on any atom is 0.508 e. The molecule has 172 valence electrons. The molecule has 2 saturated heterocycles. The molecule has 0 saturated carbocycles. The molecular formula is C19H24F2N2O7S. The highest BCUT2D eigenvalue weighted by molar-refractivity contribution is 7.91. The molecule has 0 radical (unpaired) electrons. The number of halogens is 2. The van der Waals surface area contributed by atoms with Gasteiger partial charge in [0.05, 0.1) is 25.2 Å². The molecular weight excluding hydrogens is 438 g/mol. The highest BCUT2D eigenvalue weighted by Gasteiger charge is 2.36. The van der Waals surface area contributed by atoms with E-state index in [0.29, 0.717) is 13.0 Å². The number of carbonyl (C=O) groups is 2. The summed E-state index contributed by atoms with van der Waals surface area (Å²) < 4.78 is 62.3. The van der Waals surface area contributed by atoms with Gasteiger partial charge in [-0.15, -0.1) is 0 Å². The zero-order chi connectivity index (χ0) is 22.6. The predicted octanol–water partition coefficient (Wildman–Crippen LogP) is 2.08. The molecule has 2 amide bonds. The van der Waals surface area contributed by atoms with Crippen molar-refractivity contribution in [1.82, 2.24) is 9.80 Å². The van der Waals surface area contributed by atoms with Gasteiger partial charge in [-0.05, 0) is 24.1 Å². The summed E-state index contributed by atoms with van der Waals surface area (Å²) in [7, 11) is -1.96. The molecule has 9 nitrogen and oxygen atoms in total. The van der Waals surface area contributed by atoms with Crippen LogP contribution in [0.5, 0.6) is 5.75 Å². The summed E-state index contributed by atoms with van der Waals surface area (Å²) >= 11 is 0. The van der Waals surface area contributed by atoms with Crippen molar-refractivity contribution in [1.29, 1.82) is 0 Å². The van der Waals surface area contributed by atoms with Crippen LogP contribution in [0.1, 0.15) is 17.9 Å². The molecule has 3 rings (SSSR count). The van der Waals surface area contributed by atoms with E-state index in [0.717, 1.165) is 5.56 Å². The lowest BCUT2D eigenvalue weighted by Gasteiger charge is -2.40. The number of urea groups is 1. The van der Waals surface area contributed by atoms with Crippen molar-refractivity contribution < 1.29 is 41.0 Å². The summed E-state index contributed by atoms with van der Waals surface area (Å²) in [5.41, 5.74) is 0.763. The molecule has 12 heteroatoms. The van der Waals surface area contributed by atoms with E-state index >= 15 is 0 Å². The second-order valence-corrected chi connectivity index (χ2v) is 9.70. The summed E-state index contributed by atoms with van der Waals surface area (Å²) in [5.74, 6) is -0.409.